The molecule has 84 valence electrons. The van der Waals surface area contributed by atoms with Crippen LogP contribution in [0.4, 0.5) is 11.4 Å². The summed E-state index contributed by atoms with van der Waals surface area (Å²) in [4.78, 5) is 0. The van der Waals surface area contributed by atoms with Crippen LogP contribution in [0.2, 0.25) is 0 Å². The molecule has 16 heavy (non-hydrogen) atoms. The number of hydrogen-bond acceptors (Lipinski definition) is 3. The predicted octanol–water partition coefficient (Wildman–Crippen LogP) is 1.66. The molecule has 0 amide bonds. The van der Waals surface area contributed by atoms with E-state index >= 15 is 0 Å². The minimum absolute atomic E-state index is 0.787. The van der Waals surface area contributed by atoms with Gasteiger partial charge in [0.05, 0.1) is 5.69 Å². The van der Waals surface area contributed by atoms with Gasteiger partial charge < -0.3 is 11.1 Å². The van der Waals surface area contributed by atoms with Gasteiger partial charge in [0, 0.05) is 37.6 Å². The Bertz CT molecular complexity index is 444. The van der Waals surface area contributed by atoms with Crippen LogP contribution in [0, 0.1) is 0 Å². The summed E-state index contributed by atoms with van der Waals surface area (Å²) < 4.78 is 1.82. The van der Waals surface area contributed by atoms with Crippen LogP contribution in [0.3, 0.4) is 0 Å². The van der Waals surface area contributed by atoms with Crippen LogP contribution < -0.4 is 11.1 Å². The van der Waals surface area contributed by atoms with Crippen molar-refractivity contribution < 1.29 is 0 Å². The largest absolute Gasteiger partial charge is 0.399 e. The van der Waals surface area contributed by atoms with Gasteiger partial charge in [-0.05, 0) is 30.3 Å². The molecule has 3 N–H and O–H groups in total. The van der Waals surface area contributed by atoms with Crippen LogP contribution in [0.25, 0.3) is 0 Å². The van der Waals surface area contributed by atoms with E-state index in [1.54, 1.807) is 0 Å². The number of nitrogens with one attached hydrogen (secondary N) is 1. The Morgan fingerprint density at radius 3 is 2.62 bits per heavy atom. The monoisotopic (exact) mass is 216 g/mol. The number of aryl methyl sites for hydroxylation is 1. The molecule has 1 aromatic heterocycles. The van der Waals surface area contributed by atoms with Gasteiger partial charge in [-0.2, -0.15) is 5.10 Å². The van der Waals surface area contributed by atoms with E-state index in [1.807, 2.05) is 48.3 Å². The maximum absolute atomic E-state index is 5.61. The number of nitrogen functional groups attached to an aromatic ring is 1. The average molecular weight is 216 g/mol. The van der Waals surface area contributed by atoms with Gasteiger partial charge >= 0.3 is 0 Å². The standard InChI is InChI=1S/C12H16N4/c1-16-9-7-12(15-16)6-8-14-11-4-2-10(13)3-5-11/h2-5,7,9,14H,6,8,13H2,1H3. The first-order chi connectivity index (χ1) is 7.74. The lowest BCUT2D eigenvalue weighted by Crippen LogP contribution is -2.05. The van der Waals surface area contributed by atoms with Gasteiger partial charge in [0.1, 0.15) is 0 Å². The Kier molecular flexibility index (Phi) is 3.10. The van der Waals surface area contributed by atoms with Crippen LogP contribution in [-0.2, 0) is 13.5 Å². The molecule has 0 atom stereocenters. The van der Waals surface area contributed by atoms with Crippen molar-refractivity contribution >= 4 is 11.4 Å². The van der Waals surface area contributed by atoms with Gasteiger partial charge in [0.2, 0.25) is 0 Å². The number of hydrogen-bond donors (Lipinski definition) is 2. The van der Waals surface area contributed by atoms with E-state index in [-0.39, 0.29) is 0 Å². The smallest absolute Gasteiger partial charge is 0.0642 e. The number of benzene rings is 1. The Labute approximate surface area is 95.1 Å². The van der Waals surface area contributed by atoms with E-state index in [9.17, 15) is 0 Å². The maximum atomic E-state index is 5.61. The quantitative estimate of drug-likeness (QED) is 0.764. The van der Waals surface area contributed by atoms with Crippen molar-refractivity contribution in [2.75, 3.05) is 17.6 Å². The van der Waals surface area contributed by atoms with Gasteiger partial charge in [0.25, 0.3) is 0 Å². The highest BCUT2D eigenvalue weighted by Crippen LogP contribution is 2.10. The summed E-state index contributed by atoms with van der Waals surface area (Å²) in [5.74, 6) is 0. The van der Waals surface area contributed by atoms with Gasteiger partial charge in [-0.15, -0.1) is 0 Å². The van der Waals surface area contributed by atoms with Crippen molar-refractivity contribution in [3.8, 4) is 0 Å². The second-order valence-electron chi connectivity index (χ2n) is 3.78. The number of aromatic nitrogens is 2. The average Bonchev–Trinajstić information content (AvgIpc) is 2.67. The summed E-state index contributed by atoms with van der Waals surface area (Å²) in [6.45, 7) is 0.876. The predicted molar refractivity (Wildman–Crippen MR) is 66.3 cm³/mol. The van der Waals surface area contributed by atoms with Gasteiger partial charge in [-0.25, -0.2) is 0 Å². The summed E-state index contributed by atoms with van der Waals surface area (Å²) in [7, 11) is 1.93. The first-order valence-electron chi connectivity index (χ1n) is 5.32. The van der Waals surface area contributed by atoms with Crippen LogP contribution in [0.1, 0.15) is 5.69 Å². The first kappa shape index (κ1) is 10.5. The number of nitrogens with two attached hydrogens (primary N) is 1. The van der Waals surface area contributed by atoms with Crippen molar-refractivity contribution in [2.45, 2.75) is 6.42 Å². The SMILES string of the molecule is Cn1ccc(CCNc2ccc(N)cc2)n1. The first-order valence-corrected chi connectivity index (χ1v) is 5.32. The van der Waals surface area contributed by atoms with Crippen molar-refractivity contribution in [2.24, 2.45) is 7.05 Å². The van der Waals surface area contributed by atoms with Crippen LogP contribution in [0.15, 0.2) is 36.5 Å². The Hall–Kier alpha value is -1.97. The second-order valence-corrected chi connectivity index (χ2v) is 3.78. The highest BCUT2D eigenvalue weighted by molar-refractivity contribution is 5.51. The number of rotatable bonds is 4. The molecule has 0 aliphatic rings. The Morgan fingerprint density at radius 1 is 1.25 bits per heavy atom. The third-order valence-corrected chi connectivity index (χ3v) is 2.39. The molecule has 2 aromatic rings. The molecule has 4 heteroatoms. The lowest BCUT2D eigenvalue weighted by molar-refractivity contribution is 0.742. The van der Waals surface area contributed by atoms with Crippen molar-refractivity contribution in [1.29, 1.82) is 0 Å². The molecule has 0 unspecified atom stereocenters. The fourth-order valence-electron chi connectivity index (χ4n) is 1.53. The molecule has 0 spiro atoms. The third kappa shape index (κ3) is 2.76. The molecular weight excluding hydrogens is 200 g/mol. The molecule has 0 radical (unpaired) electrons. The molecule has 1 heterocycles. The zero-order valence-corrected chi connectivity index (χ0v) is 9.35. The van der Waals surface area contributed by atoms with Crippen LogP contribution in [-0.4, -0.2) is 16.3 Å². The molecule has 0 fully saturated rings. The van der Waals surface area contributed by atoms with Crippen molar-refractivity contribution in [3.05, 3.63) is 42.2 Å². The summed E-state index contributed by atoms with van der Waals surface area (Å²) in [5.41, 5.74) is 8.59. The van der Waals surface area contributed by atoms with Gasteiger partial charge in [-0.3, -0.25) is 4.68 Å². The normalized spacial score (nSPS) is 10.3. The zero-order valence-electron chi connectivity index (χ0n) is 9.35. The fourth-order valence-corrected chi connectivity index (χ4v) is 1.53. The third-order valence-electron chi connectivity index (χ3n) is 2.39. The Morgan fingerprint density at radius 2 is 2.00 bits per heavy atom. The van der Waals surface area contributed by atoms with Crippen LogP contribution >= 0.6 is 0 Å². The van der Waals surface area contributed by atoms with E-state index in [0.29, 0.717) is 0 Å². The molecule has 0 aliphatic carbocycles. The molecular formula is C12H16N4. The fraction of sp³-hybridized carbons (Fsp3) is 0.250. The van der Waals surface area contributed by atoms with E-state index in [2.05, 4.69) is 10.4 Å². The highest BCUT2D eigenvalue weighted by atomic mass is 15.2. The van der Waals surface area contributed by atoms with Crippen molar-refractivity contribution in [1.82, 2.24) is 9.78 Å². The maximum Gasteiger partial charge on any atom is 0.0642 e. The molecule has 0 saturated heterocycles. The minimum Gasteiger partial charge on any atom is -0.399 e. The highest BCUT2D eigenvalue weighted by Gasteiger charge is 1.96. The van der Waals surface area contributed by atoms with E-state index in [0.717, 1.165) is 30.0 Å². The van der Waals surface area contributed by atoms with Crippen LogP contribution in [0.5, 0.6) is 0 Å². The van der Waals surface area contributed by atoms with E-state index in [1.165, 1.54) is 0 Å². The zero-order chi connectivity index (χ0) is 11.4. The van der Waals surface area contributed by atoms with Gasteiger partial charge in [0.15, 0.2) is 0 Å². The van der Waals surface area contributed by atoms with E-state index in [4.69, 9.17) is 5.73 Å². The molecule has 0 bridgehead atoms. The number of nitrogens with zero attached hydrogens (tertiary/aromatic N) is 2. The lowest BCUT2D eigenvalue weighted by atomic mass is 10.2. The second kappa shape index (κ2) is 4.70. The van der Waals surface area contributed by atoms with Gasteiger partial charge in [-0.1, -0.05) is 0 Å². The summed E-state index contributed by atoms with van der Waals surface area (Å²) in [6, 6.07) is 9.78. The summed E-state index contributed by atoms with van der Waals surface area (Å²) in [5, 5.41) is 7.64. The molecule has 1 aromatic carbocycles. The molecule has 2 rings (SSSR count). The number of anilines is 2. The minimum atomic E-state index is 0.787. The molecule has 0 saturated carbocycles. The summed E-state index contributed by atoms with van der Waals surface area (Å²) in [6.07, 6.45) is 2.88. The topological polar surface area (TPSA) is 55.9 Å². The van der Waals surface area contributed by atoms with Crippen molar-refractivity contribution in [3.63, 3.8) is 0 Å². The lowest BCUT2D eigenvalue weighted by Gasteiger charge is -2.05. The Balaban J connectivity index is 1.82. The van der Waals surface area contributed by atoms with E-state index < -0.39 is 0 Å². The molecule has 4 nitrogen and oxygen atoms in total. The summed E-state index contributed by atoms with van der Waals surface area (Å²) >= 11 is 0. The molecule has 0 aliphatic heterocycles.